The van der Waals surface area contributed by atoms with Crippen LogP contribution in [0.4, 0.5) is 5.69 Å². The molecule has 1 unspecified atom stereocenters. The molecule has 1 aliphatic rings. The van der Waals surface area contributed by atoms with Crippen LogP contribution in [0.5, 0.6) is 0 Å². The molecule has 0 spiro atoms. The van der Waals surface area contributed by atoms with Gasteiger partial charge in [-0.1, -0.05) is 36.4 Å². The molecule has 6 nitrogen and oxygen atoms in total. The fourth-order valence-corrected chi connectivity index (χ4v) is 3.50. The summed E-state index contributed by atoms with van der Waals surface area (Å²) in [5.41, 5.74) is 1.77. The van der Waals surface area contributed by atoms with Gasteiger partial charge in [-0.3, -0.25) is 0 Å². The number of benzene rings is 3. The minimum atomic E-state index is -1.01. The first-order valence-corrected chi connectivity index (χ1v) is 9.15. The Balaban J connectivity index is 1.51. The highest BCUT2D eigenvalue weighted by atomic mass is 16.6. The van der Waals surface area contributed by atoms with Crippen molar-refractivity contribution in [3.63, 3.8) is 0 Å². The van der Waals surface area contributed by atoms with Gasteiger partial charge in [0.15, 0.2) is 0 Å². The summed E-state index contributed by atoms with van der Waals surface area (Å²) >= 11 is 0. The maximum absolute atomic E-state index is 12.4. The molecule has 1 aliphatic heterocycles. The number of carbonyl (C=O) groups excluding carboxylic acids is 1. The summed E-state index contributed by atoms with van der Waals surface area (Å²) < 4.78 is 11.1. The van der Waals surface area contributed by atoms with Crippen LogP contribution in [0.3, 0.4) is 0 Å². The number of esters is 1. The maximum Gasteiger partial charge on any atom is 0.347 e. The second kappa shape index (κ2) is 6.31. The second-order valence-corrected chi connectivity index (χ2v) is 6.99. The molecule has 2 heterocycles. The zero-order valence-electron chi connectivity index (χ0n) is 15.5. The van der Waals surface area contributed by atoms with Crippen molar-refractivity contribution in [1.82, 2.24) is 4.98 Å². The molecule has 6 heteroatoms. The lowest BCUT2D eigenvalue weighted by atomic mass is 9.99. The minimum Gasteiger partial charge on any atom is -0.431 e. The Morgan fingerprint density at radius 3 is 2.45 bits per heavy atom. The molecule has 4 aromatic rings. The summed E-state index contributed by atoms with van der Waals surface area (Å²) in [5, 5.41) is 3.72. The van der Waals surface area contributed by atoms with Crippen LogP contribution in [0.15, 0.2) is 82.0 Å². The molecule has 0 fully saturated rings. The first-order chi connectivity index (χ1) is 14.0. The van der Waals surface area contributed by atoms with E-state index in [1.54, 1.807) is 49.4 Å². The summed E-state index contributed by atoms with van der Waals surface area (Å²) in [6, 6.07) is 21.5. The van der Waals surface area contributed by atoms with Gasteiger partial charge in [-0.2, -0.15) is 0 Å². The van der Waals surface area contributed by atoms with Gasteiger partial charge < -0.3 is 14.5 Å². The fraction of sp³-hybridized carbons (Fsp3) is 0.0870. The Morgan fingerprint density at radius 1 is 0.897 bits per heavy atom. The van der Waals surface area contributed by atoms with Gasteiger partial charge in [0.05, 0.1) is 22.2 Å². The number of hydrogen-bond donors (Lipinski definition) is 1. The average molecular weight is 384 g/mol. The van der Waals surface area contributed by atoms with Gasteiger partial charge in [-0.25, -0.2) is 14.6 Å². The number of ether oxygens (including phenoxy) is 1. The predicted molar refractivity (Wildman–Crippen MR) is 109 cm³/mol. The van der Waals surface area contributed by atoms with Crippen molar-refractivity contribution in [2.45, 2.75) is 12.6 Å². The quantitative estimate of drug-likeness (QED) is 0.519. The van der Waals surface area contributed by atoms with Gasteiger partial charge >= 0.3 is 11.6 Å². The molecule has 0 aliphatic carbocycles. The smallest absolute Gasteiger partial charge is 0.347 e. The van der Waals surface area contributed by atoms with Gasteiger partial charge in [0, 0.05) is 11.1 Å². The third-order valence-corrected chi connectivity index (χ3v) is 5.04. The van der Waals surface area contributed by atoms with Gasteiger partial charge in [0.1, 0.15) is 0 Å². The van der Waals surface area contributed by atoms with Gasteiger partial charge in [-0.15, -0.1) is 0 Å². The van der Waals surface area contributed by atoms with Crippen LogP contribution >= 0.6 is 0 Å². The number of nitrogens with zero attached hydrogens (tertiary/aromatic N) is 1. The zero-order chi connectivity index (χ0) is 20.0. The molecule has 0 saturated heterocycles. The van der Waals surface area contributed by atoms with E-state index in [0.717, 1.165) is 11.3 Å². The number of anilines is 1. The van der Waals surface area contributed by atoms with Crippen molar-refractivity contribution >= 4 is 22.6 Å². The van der Waals surface area contributed by atoms with Crippen molar-refractivity contribution in [1.29, 1.82) is 0 Å². The summed E-state index contributed by atoms with van der Waals surface area (Å²) in [5.74, 6) is -0.141. The monoisotopic (exact) mass is 384 g/mol. The molecule has 1 aromatic heterocycles. The highest BCUT2D eigenvalue weighted by Crippen LogP contribution is 2.35. The predicted octanol–water partition coefficient (Wildman–Crippen LogP) is 4.31. The van der Waals surface area contributed by atoms with Crippen molar-refractivity contribution in [3.8, 4) is 11.5 Å². The number of carbonyl (C=O) groups is 1. The lowest BCUT2D eigenvalue weighted by Gasteiger charge is -2.36. The molecule has 0 radical (unpaired) electrons. The van der Waals surface area contributed by atoms with Crippen LogP contribution in [-0.4, -0.2) is 11.0 Å². The Morgan fingerprint density at radius 2 is 1.62 bits per heavy atom. The molecule has 0 amide bonds. The number of rotatable bonds is 2. The average Bonchev–Trinajstić information content (AvgIpc) is 2.74. The largest absolute Gasteiger partial charge is 0.431 e. The van der Waals surface area contributed by atoms with E-state index in [0.29, 0.717) is 22.0 Å². The van der Waals surface area contributed by atoms with Crippen molar-refractivity contribution < 1.29 is 13.9 Å². The number of fused-ring (bicyclic) bond motifs is 2. The van der Waals surface area contributed by atoms with E-state index < -0.39 is 11.4 Å². The number of nitrogens with one attached hydrogen (secondary N) is 1. The van der Waals surface area contributed by atoms with Crippen LogP contribution < -0.4 is 10.9 Å². The Bertz CT molecular complexity index is 1310. The summed E-state index contributed by atoms with van der Waals surface area (Å²) in [6.07, 6.45) is 0. The summed E-state index contributed by atoms with van der Waals surface area (Å²) in [6.45, 7) is 1.80. The van der Waals surface area contributed by atoms with Gasteiger partial charge in [-0.05, 0) is 43.3 Å². The number of cyclic esters (lactones) is 1. The Kier molecular flexibility index (Phi) is 3.74. The SMILES string of the molecule is CC1(c2ccc(-c3nc4ccccc4c(=O)o3)cc2)Nc2ccccc2C(=O)O1. The maximum atomic E-state index is 12.4. The summed E-state index contributed by atoms with van der Waals surface area (Å²) in [4.78, 5) is 29.1. The number of hydrogen-bond acceptors (Lipinski definition) is 6. The third-order valence-electron chi connectivity index (χ3n) is 5.04. The van der Waals surface area contributed by atoms with Crippen LogP contribution in [0, 0.1) is 0 Å². The Labute approximate surface area is 165 Å². The lowest BCUT2D eigenvalue weighted by Crippen LogP contribution is -2.41. The Hall–Kier alpha value is -3.93. The highest BCUT2D eigenvalue weighted by molar-refractivity contribution is 5.97. The van der Waals surface area contributed by atoms with Gasteiger partial charge in [0.2, 0.25) is 11.6 Å². The van der Waals surface area contributed by atoms with Gasteiger partial charge in [0.25, 0.3) is 0 Å². The number of para-hydroxylation sites is 2. The highest BCUT2D eigenvalue weighted by Gasteiger charge is 2.37. The molecule has 1 atom stereocenters. The van der Waals surface area contributed by atoms with Crippen LogP contribution in [0.1, 0.15) is 22.8 Å². The zero-order valence-corrected chi connectivity index (χ0v) is 15.5. The topological polar surface area (TPSA) is 81.4 Å². The van der Waals surface area contributed by atoms with E-state index >= 15 is 0 Å². The first kappa shape index (κ1) is 17.2. The molecule has 1 N–H and O–H groups in total. The van der Waals surface area contributed by atoms with Crippen molar-refractivity contribution in [2.75, 3.05) is 5.32 Å². The second-order valence-electron chi connectivity index (χ2n) is 6.99. The van der Waals surface area contributed by atoms with Crippen LogP contribution in [0.25, 0.3) is 22.4 Å². The molecule has 5 rings (SSSR count). The minimum absolute atomic E-state index is 0.240. The molecule has 0 bridgehead atoms. The fourth-order valence-electron chi connectivity index (χ4n) is 3.50. The van der Waals surface area contributed by atoms with E-state index in [1.807, 2.05) is 30.3 Å². The normalized spacial score (nSPS) is 18.0. The molecule has 142 valence electrons. The van der Waals surface area contributed by atoms with E-state index in [1.165, 1.54) is 0 Å². The van der Waals surface area contributed by atoms with E-state index in [4.69, 9.17) is 9.15 Å². The standard InChI is InChI=1S/C23H16N2O4/c1-23(25-19-9-5-3-7-17(19)22(27)29-23)15-12-10-14(11-13-15)20-24-18-8-4-2-6-16(18)21(26)28-20/h2-13,25H,1H3. The lowest BCUT2D eigenvalue weighted by molar-refractivity contribution is -0.00267. The summed E-state index contributed by atoms with van der Waals surface area (Å²) in [7, 11) is 0. The van der Waals surface area contributed by atoms with Crippen molar-refractivity contribution in [3.05, 3.63) is 94.3 Å². The van der Waals surface area contributed by atoms with E-state index in [9.17, 15) is 9.59 Å². The first-order valence-electron chi connectivity index (χ1n) is 9.15. The van der Waals surface area contributed by atoms with Crippen LogP contribution in [0.2, 0.25) is 0 Å². The van der Waals surface area contributed by atoms with E-state index in [-0.39, 0.29) is 11.9 Å². The molecule has 0 saturated carbocycles. The number of aromatic nitrogens is 1. The van der Waals surface area contributed by atoms with Crippen LogP contribution in [-0.2, 0) is 10.5 Å². The third kappa shape index (κ3) is 2.86. The van der Waals surface area contributed by atoms with Crippen molar-refractivity contribution in [2.24, 2.45) is 0 Å². The molecular weight excluding hydrogens is 368 g/mol. The molecule has 29 heavy (non-hydrogen) atoms. The molecular formula is C23H16N2O4. The van der Waals surface area contributed by atoms with E-state index in [2.05, 4.69) is 10.3 Å². The molecule has 3 aromatic carbocycles.